The van der Waals surface area contributed by atoms with Crippen molar-refractivity contribution in [3.8, 4) is 5.75 Å². The van der Waals surface area contributed by atoms with Crippen molar-refractivity contribution in [2.24, 2.45) is 0 Å². The zero-order valence-corrected chi connectivity index (χ0v) is 13.3. The van der Waals surface area contributed by atoms with Gasteiger partial charge >= 0.3 is 6.03 Å². The fourth-order valence-electron chi connectivity index (χ4n) is 2.24. The van der Waals surface area contributed by atoms with E-state index in [2.05, 4.69) is 15.7 Å². The number of amides is 2. The van der Waals surface area contributed by atoms with Crippen LogP contribution in [-0.4, -0.2) is 22.9 Å². The number of benzene rings is 2. The lowest BCUT2D eigenvalue weighted by Crippen LogP contribution is -2.19. The van der Waals surface area contributed by atoms with Crippen LogP contribution in [0.4, 0.5) is 16.3 Å². The maximum atomic E-state index is 12.0. The van der Waals surface area contributed by atoms with Gasteiger partial charge in [0, 0.05) is 18.0 Å². The summed E-state index contributed by atoms with van der Waals surface area (Å²) in [5, 5.41) is 9.80. The first kappa shape index (κ1) is 15.6. The van der Waals surface area contributed by atoms with E-state index >= 15 is 0 Å². The summed E-state index contributed by atoms with van der Waals surface area (Å²) in [5.74, 6) is 1.23. The predicted molar refractivity (Wildman–Crippen MR) is 93.4 cm³/mol. The second kappa shape index (κ2) is 7.32. The highest BCUT2D eigenvalue weighted by molar-refractivity contribution is 5.99. The van der Waals surface area contributed by atoms with E-state index in [4.69, 9.17) is 4.74 Å². The summed E-state index contributed by atoms with van der Waals surface area (Å²) in [5.41, 5.74) is 1.83. The first-order valence-corrected chi connectivity index (χ1v) is 7.52. The van der Waals surface area contributed by atoms with Crippen molar-refractivity contribution in [2.75, 3.05) is 17.7 Å². The van der Waals surface area contributed by atoms with Crippen molar-refractivity contribution in [1.82, 2.24) is 9.78 Å². The Hall–Kier alpha value is -3.28. The lowest BCUT2D eigenvalue weighted by molar-refractivity contribution is 0.262. The fraction of sp³-hybridized carbons (Fsp3) is 0.111. The zero-order chi connectivity index (χ0) is 16.8. The summed E-state index contributed by atoms with van der Waals surface area (Å²) in [6.07, 6.45) is 1.83. The van der Waals surface area contributed by atoms with Crippen LogP contribution in [0.15, 0.2) is 66.9 Å². The van der Waals surface area contributed by atoms with Crippen LogP contribution in [0.1, 0.15) is 5.56 Å². The van der Waals surface area contributed by atoms with Gasteiger partial charge in [-0.2, -0.15) is 5.10 Å². The molecule has 0 aliphatic rings. The van der Waals surface area contributed by atoms with Crippen molar-refractivity contribution >= 4 is 17.5 Å². The zero-order valence-electron chi connectivity index (χ0n) is 13.3. The standard InChI is InChI=1S/C18H18N4O2/c1-24-16-9-7-15(8-10-16)19-18(23)20-17-11-12-22(21-17)13-14-5-3-2-4-6-14/h2-12H,13H2,1H3,(H2,19,20,21,23). The molecule has 3 aromatic rings. The van der Waals surface area contributed by atoms with Crippen LogP contribution >= 0.6 is 0 Å². The highest BCUT2D eigenvalue weighted by Gasteiger charge is 2.06. The monoisotopic (exact) mass is 322 g/mol. The number of rotatable bonds is 5. The molecule has 0 radical (unpaired) electrons. The Balaban J connectivity index is 1.56. The van der Waals surface area contributed by atoms with Gasteiger partial charge in [0.05, 0.1) is 13.7 Å². The molecular weight excluding hydrogens is 304 g/mol. The molecule has 0 unspecified atom stereocenters. The van der Waals surface area contributed by atoms with Crippen LogP contribution in [0.3, 0.4) is 0 Å². The smallest absolute Gasteiger partial charge is 0.324 e. The number of anilines is 2. The summed E-state index contributed by atoms with van der Waals surface area (Å²) in [6.45, 7) is 0.655. The molecule has 6 heteroatoms. The molecule has 1 heterocycles. The van der Waals surface area contributed by atoms with E-state index in [1.54, 1.807) is 42.1 Å². The second-order valence-electron chi connectivity index (χ2n) is 5.19. The molecule has 0 saturated heterocycles. The molecule has 2 N–H and O–H groups in total. The lowest BCUT2D eigenvalue weighted by Gasteiger charge is -2.06. The number of hydrogen-bond acceptors (Lipinski definition) is 3. The third-order valence-corrected chi connectivity index (χ3v) is 3.42. The van der Waals surface area contributed by atoms with Crippen molar-refractivity contribution in [3.63, 3.8) is 0 Å². The van der Waals surface area contributed by atoms with Crippen molar-refractivity contribution < 1.29 is 9.53 Å². The van der Waals surface area contributed by atoms with Crippen LogP contribution in [0.25, 0.3) is 0 Å². The Kier molecular flexibility index (Phi) is 4.76. The van der Waals surface area contributed by atoms with Crippen LogP contribution in [0, 0.1) is 0 Å². The molecular formula is C18H18N4O2. The Morgan fingerprint density at radius 3 is 2.50 bits per heavy atom. The van der Waals surface area contributed by atoms with E-state index in [1.807, 2.05) is 36.5 Å². The van der Waals surface area contributed by atoms with Gasteiger partial charge in [0.1, 0.15) is 5.75 Å². The normalized spacial score (nSPS) is 10.2. The van der Waals surface area contributed by atoms with Gasteiger partial charge < -0.3 is 10.1 Å². The summed E-state index contributed by atoms with van der Waals surface area (Å²) in [6, 6.07) is 18.5. The maximum absolute atomic E-state index is 12.0. The van der Waals surface area contributed by atoms with Gasteiger partial charge in [-0.25, -0.2) is 4.79 Å². The molecule has 0 fully saturated rings. The van der Waals surface area contributed by atoms with E-state index in [0.29, 0.717) is 18.1 Å². The number of ether oxygens (including phenoxy) is 1. The molecule has 24 heavy (non-hydrogen) atoms. The Labute approximate surface area is 140 Å². The number of nitrogens with zero attached hydrogens (tertiary/aromatic N) is 2. The van der Waals surface area contributed by atoms with Crippen molar-refractivity contribution in [3.05, 3.63) is 72.4 Å². The highest BCUT2D eigenvalue weighted by atomic mass is 16.5. The molecule has 2 aromatic carbocycles. The van der Waals surface area contributed by atoms with Gasteiger partial charge in [-0.1, -0.05) is 30.3 Å². The first-order valence-electron chi connectivity index (χ1n) is 7.52. The predicted octanol–water partition coefficient (Wildman–Crippen LogP) is 3.58. The Morgan fingerprint density at radius 2 is 1.79 bits per heavy atom. The highest BCUT2D eigenvalue weighted by Crippen LogP contribution is 2.15. The van der Waals surface area contributed by atoms with E-state index in [0.717, 1.165) is 11.3 Å². The summed E-state index contributed by atoms with van der Waals surface area (Å²) in [7, 11) is 1.60. The molecule has 122 valence electrons. The third-order valence-electron chi connectivity index (χ3n) is 3.42. The Morgan fingerprint density at radius 1 is 1.04 bits per heavy atom. The maximum Gasteiger partial charge on any atom is 0.324 e. The topological polar surface area (TPSA) is 68.2 Å². The molecule has 0 bridgehead atoms. The molecule has 0 aliphatic carbocycles. The minimum absolute atomic E-state index is 0.342. The summed E-state index contributed by atoms with van der Waals surface area (Å²) in [4.78, 5) is 12.0. The second-order valence-corrected chi connectivity index (χ2v) is 5.19. The minimum Gasteiger partial charge on any atom is -0.497 e. The third kappa shape index (κ3) is 4.13. The quantitative estimate of drug-likeness (QED) is 0.754. The van der Waals surface area contributed by atoms with Gasteiger partial charge in [0.25, 0.3) is 0 Å². The van der Waals surface area contributed by atoms with E-state index in [-0.39, 0.29) is 6.03 Å². The molecule has 3 rings (SSSR count). The van der Waals surface area contributed by atoms with Crippen molar-refractivity contribution in [1.29, 1.82) is 0 Å². The SMILES string of the molecule is COc1ccc(NC(=O)Nc2ccn(Cc3ccccc3)n2)cc1. The van der Waals surface area contributed by atoms with Crippen LogP contribution < -0.4 is 15.4 Å². The molecule has 6 nitrogen and oxygen atoms in total. The number of urea groups is 1. The number of carbonyl (C=O) groups excluding carboxylic acids is 1. The number of hydrogen-bond donors (Lipinski definition) is 2. The molecule has 0 saturated carbocycles. The van der Waals surface area contributed by atoms with Gasteiger partial charge in [-0.3, -0.25) is 10.00 Å². The molecule has 2 amide bonds. The summed E-state index contributed by atoms with van der Waals surface area (Å²) < 4.78 is 6.86. The first-order chi connectivity index (χ1) is 11.7. The van der Waals surface area contributed by atoms with Crippen LogP contribution in [-0.2, 0) is 6.54 Å². The van der Waals surface area contributed by atoms with Crippen LogP contribution in [0.2, 0.25) is 0 Å². The van der Waals surface area contributed by atoms with Gasteiger partial charge in [-0.05, 0) is 29.8 Å². The van der Waals surface area contributed by atoms with Crippen LogP contribution in [0.5, 0.6) is 5.75 Å². The van der Waals surface area contributed by atoms with E-state index < -0.39 is 0 Å². The van der Waals surface area contributed by atoms with Gasteiger partial charge in [0.2, 0.25) is 0 Å². The average molecular weight is 322 g/mol. The minimum atomic E-state index is -0.342. The molecule has 0 atom stereocenters. The molecule has 0 spiro atoms. The number of methoxy groups -OCH3 is 1. The van der Waals surface area contributed by atoms with E-state index in [9.17, 15) is 4.79 Å². The largest absolute Gasteiger partial charge is 0.497 e. The number of aromatic nitrogens is 2. The number of nitrogens with one attached hydrogen (secondary N) is 2. The summed E-state index contributed by atoms with van der Waals surface area (Å²) >= 11 is 0. The Bertz CT molecular complexity index is 797. The lowest BCUT2D eigenvalue weighted by atomic mass is 10.2. The molecule has 0 aliphatic heterocycles. The average Bonchev–Trinajstić information content (AvgIpc) is 3.03. The fourth-order valence-corrected chi connectivity index (χ4v) is 2.24. The van der Waals surface area contributed by atoms with E-state index in [1.165, 1.54) is 0 Å². The van der Waals surface area contributed by atoms with Gasteiger partial charge in [0.15, 0.2) is 5.82 Å². The number of carbonyl (C=O) groups is 1. The van der Waals surface area contributed by atoms with Crippen molar-refractivity contribution in [2.45, 2.75) is 6.54 Å². The molecule has 1 aromatic heterocycles. The van der Waals surface area contributed by atoms with Gasteiger partial charge in [-0.15, -0.1) is 0 Å².